The number of hydrogen-bond donors (Lipinski definition) is 0. The van der Waals surface area contributed by atoms with Gasteiger partial charge in [0.2, 0.25) is 0 Å². The minimum absolute atomic E-state index is 0.0806. The van der Waals surface area contributed by atoms with Crippen molar-refractivity contribution in [1.82, 2.24) is 0 Å². The summed E-state index contributed by atoms with van der Waals surface area (Å²) < 4.78 is 16.3. The number of ether oxygens (including phenoxy) is 3. The second-order valence-corrected chi connectivity index (χ2v) is 4.90. The molecule has 2 aliphatic rings. The molecule has 0 bridgehead atoms. The van der Waals surface area contributed by atoms with Crippen LogP contribution in [-0.2, 0) is 14.2 Å². The van der Waals surface area contributed by atoms with Crippen molar-refractivity contribution >= 4 is 14.0 Å². The van der Waals surface area contributed by atoms with Crippen LogP contribution in [0.1, 0.15) is 33.1 Å². The van der Waals surface area contributed by atoms with Crippen molar-refractivity contribution in [3.63, 3.8) is 0 Å². The summed E-state index contributed by atoms with van der Waals surface area (Å²) in [6, 6.07) is 0. The standard InChI is InChI=1S/C11H19BO4/c1-3-8-7(12)5-10-9(4-6(2)14-8)15-11(13)16-10/h6-10H,3-5,12H2,1-2H3/t6-,7+,8-,9+,10-/m1/s1. The molecule has 90 valence electrons. The van der Waals surface area contributed by atoms with Gasteiger partial charge in [-0.3, -0.25) is 0 Å². The van der Waals surface area contributed by atoms with Crippen LogP contribution < -0.4 is 0 Å². The van der Waals surface area contributed by atoms with E-state index in [1.807, 2.05) is 6.92 Å². The predicted octanol–water partition coefficient (Wildman–Crippen LogP) is 1.29. The summed E-state index contributed by atoms with van der Waals surface area (Å²) in [6.45, 7) is 4.16. The van der Waals surface area contributed by atoms with Gasteiger partial charge in [0.15, 0.2) is 0 Å². The Labute approximate surface area is 97.0 Å². The second-order valence-electron chi connectivity index (χ2n) is 4.90. The Balaban J connectivity index is 2.08. The Morgan fingerprint density at radius 3 is 2.56 bits per heavy atom. The summed E-state index contributed by atoms with van der Waals surface area (Å²) in [4.78, 5) is 11.1. The van der Waals surface area contributed by atoms with E-state index in [0.717, 1.165) is 19.3 Å². The smallest absolute Gasteiger partial charge is 0.427 e. The van der Waals surface area contributed by atoms with Crippen LogP contribution in [-0.4, -0.2) is 38.4 Å². The van der Waals surface area contributed by atoms with Gasteiger partial charge in [-0.25, -0.2) is 4.79 Å². The van der Waals surface area contributed by atoms with E-state index in [1.54, 1.807) is 0 Å². The molecule has 4 nitrogen and oxygen atoms in total. The molecule has 0 N–H and O–H groups in total. The fourth-order valence-electron chi connectivity index (χ4n) is 2.66. The molecular formula is C11H19BO4. The zero-order valence-electron chi connectivity index (χ0n) is 10.1. The highest BCUT2D eigenvalue weighted by Crippen LogP contribution is 2.33. The molecule has 2 rings (SSSR count). The lowest BCUT2D eigenvalue weighted by Crippen LogP contribution is -2.37. The van der Waals surface area contributed by atoms with Crippen molar-refractivity contribution in [1.29, 1.82) is 0 Å². The largest absolute Gasteiger partial charge is 0.509 e. The highest BCUT2D eigenvalue weighted by molar-refractivity contribution is 6.12. The summed E-state index contributed by atoms with van der Waals surface area (Å²) in [5.74, 6) is 0.398. The molecule has 0 unspecified atom stereocenters. The lowest BCUT2D eigenvalue weighted by molar-refractivity contribution is -0.0515. The minimum Gasteiger partial charge on any atom is -0.427 e. The van der Waals surface area contributed by atoms with E-state index >= 15 is 0 Å². The van der Waals surface area contributed by atoms with E-state index < -0.39 is 6.16 Å². The van der Waals surface area contributed by atoms with Crippen LogP contribution in [0.2, 0.25) is 5.82 Å². The molecule has 16 heavy (non-hydrogen) atoms. The van der Waals surface area contributed by atoms with Gasteiger partial charge in [0.25, 0.3) is 0 Å². The zero-order valence-corrected chi connectivity index (χ0v) is 10.1. The van der Waals surface area contributed by atoms with Gasteiger partial charge in [-0.05, 0) is 25.6 Å². The average molecular weight is 226 g/mol. The number of rotatable bonds is 1. The zero-order chi connectivity index (χ0) is 11.7. The molecule has 0 amide bonds. The topological polar surface area (TPSA) is 44.8 Å². The van der Waals surface area contributed by atoms with E-state index in [2.05, 4.69) is 14.8 Å². The predicted molar refractivity (Wildman–Crippen MR) is 61.3 cm³/mol. The van der Waals surface area contributed by atoms with Gasteiger partial charge in [0.05, 0.1) is 12.2 Å². The maximum atomic E-state index is 11.1. The van der Waals surface area contributed by atoms with E-state index in [-0.39, 0.29) is 24.4 Å². The molecule has 2 saturated heterocycles. The molecule has 2 fully saturated rings. The molecule has 0 aromatic rings. The van der Waals surface area contributed by atoms with Crippen LogP contribution in [0.5, 0.6) is 0 Å². The third-order valence-electron chi connectivity index (χ3n) is 3.52. The first kappa shape index (κ1) is 11.8. The van der Waals surface area contributed by atoms with Gasteiger partial charge in [-0.2, -0.15) is 0 Å². The fraction of sp³-hybridized carbons (Fsp3) is 0.909. The first-order valence-electron chi connectivity index (χ1n) is 6.12. The lowest BCUT2D eigenvalue weighted by Gasteiger charge is -2.32. The van der Waals surface area contributed by atoms with Gasteiger partial charge in [-0.1, -0.05) is 6.92 Å². The van der Waals surface area contributed by atoms with Crippen LogP contribution in [0.15, 0.2) is 0 Å². The molecule has 2 aliphatic heterocycles. The second kappa shape index (κ2) is 4.66. The molecule has 5 atom stereocenters. The molecular weight excluding hydrogens is 207 g/mol. The van der Waals surface area contributed by atoms with E-state index in [9.17, 15) is 4.79 Å². The van der Waals surface area contributed by atoms with Crippen molar-refractivity contribution in [2.45, 2.75) is 63.3 Å². The van der Waals surface area contributed by atoms with E-state index in [0.29, 0.717) is 5.82 Å². The monoisotopic (exact) mass is 226 g/mol. The van der Waals surface area contributed by atoms with E-state index in [4.69, 9.17) is 14.2 Å². The quantitative estimate of drug-likeness (QED) is 0.499. The fourth-order valence-corrected chi connectivity index (χ4v) is 2.66. The SMILES string of the molecule is B[C@H]1C[C@H]2OC(=O)O[C@H]2C[C@@H](C)O[C@@H]1CC. The number of hydrogen-bond acceptors (Lipinski definition) is 4. The molecule has 0 aliphatic carbocycles. The maximum Gasteiger partial charge on any atom is 0.509 e. The molecule has 0 saturated carbocycles. The van der Waals surface area contributed by atoms with Crippen LogP contribution in [0.25, 0.3) is 0 Å². The third kappa shape index (κ3) is 2.34. The third-order valence-corrected chi connectivity index (χ3v) is 3.52. The van der Waals surface area contributed by atoms with Crippen molar-refractivity contribution in [2.24, 2.45) is 0 Å². The summed E-state index contributed by atoms with van der Waals surface area (Å²) >= 11 is 0. The number of fused-ring (bicyclic) bond motifs is 1. The number of carbonyl (C=O) groups excluding carboxylic acids is 1. The van der Waals surface area contributed by atoms with Crippen molar-refractivity contribution < 1.29 is 19.0 Å². The lowest BCUT2D eigenvalue weighted by atomic mass is 9.75. The minimum atomic E-state index is -0.524. The van der Waals surface area contributed by atoms with Crippen molar-refractivity contribution in [3.8, 4) is 0 Å². The molecule has 0 radical (unpaired) electrons. The van der Waals surface area contributed by atoms with Crippen molar-refractivity contribution in [3.05, 3.63) is 0 Å². The summed E-state index contributed by atoms with van der Waals surface area (Å²) in [7, 11) is 2.15. The highest BCUT2D eigenvalue weighted by Gasteiger charge is 2.41. The average Bonchev–Trinajstić information content (AvgIpc) is 2.53. The Bertz CT molecular complexity index is 271. The maximum absolute atomic E-state index is 11.1. The van der Waals surface area contributed by atoms with Gasteiger partial charge < -0.3 is 14.2 Å². The van der Waals surface area contributed by atoms with Crippen LogP contribution in [0.3, 0.4) is 0 Å². The van der Waals surface area contributed by atoms with Gasteiger partial charge >= 0.3 is 6.16 Å². The Morgan fingerprint density at radius 2 is 1.94 bits per heavy atom. The van der Waals surface area contributed by atoms with Gasteiger partial charge in [0.1, 0.15) is 20.1 Å². The normalized spacial score (nSPS) is 43.9. The molecule has 0 aromatic heterocycles. The summed E-state index contributed by atoms with van der Waals surface area (Å²) in [6.07, 6.45) is 2.22. The van der Waals surface area contributed by atoms with Crippen molar-refractivity contribution in [2.75, 3.05) is 0 Å². The molecule has 0 spiro atoms. The van der Waals surface area contributed by atoms with Crippen LogP contribution in [0.4, 0.5) is 4.79 Å². The molecule has 5 heteroatoms. The molecule has 2 heterocycles. The van der Waals surface area contributed by atoms with Gasteiger partial charge in [-0.15, -0.1) is 0 Å². The summed E-state index contributed by atoms with van der Waals surface area (Å²) in [5.41, 5.74) is 0. The summed E-state index contributed by atoms with van der Waals surface area (Å²) in [5, 5.41) is 0. The molecule has 0 aromatic carbocycles. The Hall–Kier alpha value is -0.705. The van der Waals surface area contributed by atoms with Gasteiger partial charge in [0, 0.05) is 6.42 Å². The highest BCUT2D eigenvalue weighted by atomic mass is 16.8. The number of carbonyl (C=O) groups is 1. The van der Waals surface area contributed by atoms with E-state index in [1.165, 1.54) is 0 Å². The van der Waals surface area contributed by atoms with Crippen LogP contribution >= 0.6 is 0 Å². The Morgan fingerprint density at radius 1 is 1.31 bits per heavy atom. The first-order chi connectivity index (χ1) is 7.60. The first-order valence-corrected chi connectivity index (χ1v) is 6.12. The van der Waals surface area contributed by atoms with Crippen LogP contribution in [0, 0.1) is 0 Å². The Kier molecular flexibility index (Phi) is 3.43.